The van der Waals surface area contributed by atoms with E-state index in [1.807, 2.05) is 55.5 Å². The first-order valence-corrected chi connectivity index (χ1v) is 20.8. The number of hydrogen-bond acceptors (Lipinski definition) is 12. The summed E-state index contributed by atoms with van der Waals surface area (Å²) in [6.45, 7) is 6.00. The fourth-order valence-electron chi connectivity index (χ4n) is 8.39. The van der Waals surface area contributed by atoms with E-state index in [1.54, 1.807) is 49.8 Å². The number of H-pyrrole nitrogens is 1. The summed E-state index contributed by atoms with van der Waals surface area (Å²) >= 11 is 0. The van der Waals surface area contributed by atoms with E-state index in [2.05, 4.69) is 64.5 Å². The van der Waals surface area contributed by atoms with Crippen molar-refractivity contribution in [2.24, 2.45) is 0 Å². The molecule has 3 N–H and O–H groups in total. The van der Waals surface area contributed by atoms with Crippen molar-refractivity contribution in [1.82, 2.24) is 45.3 Å². The van der Waals surface area contributed by atoms with Crippen LogP contribution in [0, 0.1) is 6.92 Å². The Morgan fingerprint density at radius 3 is 2.48 bits per heavy atom. The van der Waals surface area contributed by atoms with Gasteiger partial charge in [0.1, 0.15) is 17.5 Å². The van der Waals surface area contributed by atoms with E-state index < -0.39 is 0 Å². The molecule has 0 radical (unpaired) electrons. The zero-order valence-corrected chi connectivity index (χ0v) is 34.9. The van der Waals surface area contributed by atoms with Gasteiger partial charge in [-0.25, -0.2) is 9.97 Å². The van der Waals surface area contributed by atoms with Crippen molar-refractivity contribution in [2.45, 2.75) is 76.9 Å². The number of ether oxygens (including phenoxy) is 1. The summed E-state index contributed by atoms with van der Waals surface area (Å²) in [4.78, 5) is 55.2. The Morgan fingerprint density at radius 2 is 1.72 bits per heavy atom. The van der Waals surface area contributed by atoms with E-state index in [0.29, 0.717) is 29.0 Å². The highest BCUT2D eigenvalue weighted by Gasteiger charge is 2.41. The van der Waals surface area contributed by atoms with E-state index in [4.69, 9.17) is 9.72 Å². The van der Waals surface area contributed by atoms with Crippen LogP contribution in [0.15, 0.2) is 79.3 Å². The Balaban J connectivity index is 0.000000191. The van der Waals surface area contributed by atoms with E-state index >= 15 is 0 Å². The molecule has 1 aliphatic carbocycles. The molecular formula is C45H52N12O3. The van der Waals surface area contributed by atoms with Crippen LogP contribution in [-0.4, -0.2) is 104 Å². The maximum Gasteiger partial charge on any atom is 0.251 e. The number of anilines is 4. The minimum absolute atomic E-state index is 0.0898. The average Bonchev–Trinajstić information content (AvgIpc) is 4.00. The number of pyridine rings is 3. The highest BCUT2D eigenvalue weighted by atomic mass is 16.5. The van der Waals surface area contributed by atoms with Gasteiger partial charge in [-0.1, -0.05) is 25.8 Å². The van der Waals surface area contributed by atoms with Gasteiger partial charge in [-0.15, -0.1) is 0 Å². The lowest BCUT2D eigenvalue weighted by atomic mass is 10.0. The summed E-state index contributed by atoms with van der Waals surface area (Å²) in [6, 6.07) is 19.3. The number of fused-ring (bicyclic) bond motifs is 2. The molecule has 7 heterocycles. The number of carbonyl (C=O) groups is 2. The summed E-state index contributed by atoms with van der Waals surface area (Å²) in [6.07, 6.45) is 12.4. The zero-order valence-electron chi connectivity index (χ0n) is 34.9. The van der Waals surface area contributed by atoms with E-state index in [-0.39, 0.29) is 23.9 Å². The molecule has 2 amide bonds. The van der Waals surface area contributed by atoms with Crippen molar-refractivity contribution in [3.8, 4) is 28.4 Å². The largest absolute Gasteiger partial charge is 0.495 e. The molecule has 0 spiro atoms. The third-order valence-electron chi connectivity index (χ3n) is 11.7. The van der Waals surface area contributed by atoms with Crippen LogP contribution in [0.2, 0.25) is 0 Å². The zero-order chi connectivity index (χ0) is 41.8. The number of aryl methyl sites for hydroxylation is 1. The quantitative estimate of drug-likeness (QED) is 0.138. The molecule has 1 saturated heterocycles. The number of hydrogen-bond donors (Lipinski definition) is 3. The van der Waals surface area contributed by atoms with Gasteiger partial charge in [0.15, 0.2) is 5.82 Å². The first-order chi connectivity index (χ1) is 29.2. The third-order valence-corrected chi connectivity index (χ3v) is 11.7. The van der Waals surface area contributed by atoms with Crippen LogP contribution in [0.5, 0.6) is 5.75 Å². The lowest BCUT2D eigenvalue weighted by molar-refractivity contribution is -0.120. The monoisotopic (exact) mass is 808 g/mol. The van der Waals surface area contributed by atoms with Gasteiger partial charge in [-0.3, -0.25) is 24.7 Å². The number of aromatic nitrogens is 7. The lowest BCUT2D eigenvalue weighted by Gasteiger charge is -2.43. The minimum atomic E-state index is -0.227. The maximum atomic E-state index is 13.1. The molecule has 3 aliphatic rings. The minimum Gasteiger partial charge on any atom is -0.495 e. The van der Waals surface area contributed by atoms with Gasteiger partial charge in [0.05, 0.1) is 53.3 Å². The molecule has 2 fully saturated rings. The molecule has 0 unspecified atom stereocenters. The number of nitrogens with zero attached hydrogens (tertiary/aromatic N) is 9. The van der Waals surface area contributed by atoms with Gasteiger partial charge in [0.2, 0.25) is 11.9 Å². The number of benzene rings is 1. The molecule has 6 aromatic rings. The molecule has 1 saturated carbocycles. The van der Waals surface area contributed by atoms with Crippen LogP contribution in [-0.2, 0) is 4.79 Å². The number of methoxy groups -OCH3 is 1. The number of likely N-dealkylation sites (N-methyl/N-ethyl adjacent to an activating group) is 1. The summed E-state index contributed by atoms with van der Waals surface area (Å²) in [5.41, 5.74) is 8.18. The molecule has 5 aromatic heterocycles. The second-order valence-electron chi connectivity index (χ2n) is 15.7. The van der Waals surface area contributed by atoms with Crippen molar-refractivity contribution in [3.05, 3.63) is 90.5 Å². The van der Waals surface area contributed by atoms with Gasteiger partial charge < -0.3 is 30.1 Å². The van der Waals surface area contributed by atoms with Gasteiger partial charge in [-0.05, 0) is 114 Å². The van der Waals surface area contributed by atoms with Gasteiger partial charge >= 0.3 is 0 Å². The van der Waals surface area contributed by atoms with Crippen molar-refractivity contribution in [1.29, 1.82) is 0 Å². The predicted octanol–water partition coefficient (Wildman–Crippen LogP) is 6.95. The summed E-state index contributed by atoms with van der Waals surface area (Å²) in [5, 5.41) is 13.6. The number of carbonyl (C=O) groups excluding carboxylic acids is 2. The Hall–Kier alpha value is -6.48. The summed E-state index contributed by atoms with van der Waals surface area (Å²) in [5.74, 6) is 1.74. The second kappa shape index (κ2) is 17.8. The van der Waals surface area contributed by atoms with Crippen molar-refractivity contribution >= 4 is 46.0 Å². The number of piperidine rings is 1. The van der Waals surface area contributed by atoms with Crippen molar-refractivity contribution < 1.29 is 14.3 Å². The number of nitrogens with one attached hydrogen (secondary N) is 3. The SMILES string of the molecule is CC[C@@H]1C(=O)N(C)c2cnc(Nc3ccc(C(=O)NC4CCN(C)CC4)cc3OC)nc2N1C1CCCC1.Cc1cccc(-c2[nH]ncc2-c2ccc3ncccc3n2)n1. The molecule has 310 valence electrons. The molecule has 2 aliphatic heterocycles. The standard InChI is InChI=1S/C28H39N7O3.C17H13N5/c1-5-22-27(37)34(3)23-17-29-28(32-25(23)35(22)20-8-6-7-9-20)31-21-11-10-18(16-24(21)38-4)26(36)30-19-12-14-33(2)15-13-19;1-11-4-2-5-16(20-11)17-12(10-19-22-17)13-7-8-14-15(21-13)6-3-9-18-14/h10-11,16-17,19-20,22H,5-9,12-15H2,1-4H3,(H,30,36)(H,29,31,32);2-10H,1H3,(H,19,22)/t22-;/m1./s1. The molecule has 15 nitrogen and oxygen atoms in total. The van der Waals surface area contributed by atoms with E-state index in [1.165, 1.54) is 12.8 Å². The first-order valence-electron chi connectivity index (χ1n) is 20.8. The van der Waals surface area contributed by atoms with Crippen LogP contribution < -0.4 is 25.2 Å². The maximum absolute atomic E-state index is 13.1. The molecule has 1 aromatic carbocycles. The predicted molar refractivity (Wildman–Crippen MR) is 234 cm³/mol. The number of rotatable bonds is 9. The van der Waals surface area contributed by atoms with Gasteiger partial charge in [0, 0.05) is 42.1 Å². The number of aromatic amines is 1. The fraction of sp³-hybridized carbons (Fsp3) is 0.378. The molecule has 15 heteroatoms. The first kappa shape index (κ1) is 40.3. The van der Waals surface area contributed by atoms with Gasteiger partial charge in [-0.2, -0.15) is 10.1 Å². The molecule has 1 atom stereocenters. The molecule has 60 heavy (non-hydrogen) atoms. The van der Waals surface area contributed by atoms with E-state index in [9.17, 15) is 9.59 Å². The normalized spacial score (nSPS) is 17.3. The van der Waals surface area contributed by atoms with Crippen LogP contribution >= 0.6 is 0 Å². The average molecular weight is 809 g/mol. The van der Waals surface area contributed by atoms with Gasteiger partial charge in [0.25, 0.3) is 5.91 Å². The number of likely N-dealkylation sites (tertiary alicyclic amines) is 1. The Morgan fingerprint density at radius 1 is 0.900 bits per heavy atom. The second-order valence-corrected chi connectivity index (χ2v) is 15.7. The molecule has 9 rings (SSSR count). The number of amides is 2. The lowest BCUT2D eigenvalue weighted by Crippen LogP contribution is -2.55. The van der Waals surface area contributed by atoms with E-state index in [0.717, 1.165) is 96.1 Å². The highest BCUT2D eigenvalue weighted by Crippen LogP contribution is 2.40. The van der Waals surface area contributed by atoms with Crippen molar-refractivity contribution in [2.75, 3.05) is 49.4 Å². The Labute approximate surface area is 350 Å². The van der Waals surface area contributed by atoms with Crippen LogP contribution in [0.25, 0.3) is 33.7 Å². The fourth-order valence-corrected chi connectivity index (χ4v) is 8.39. The van der Waals surface area contributed by atoms with Crippen LogP contribution in [0.3, 0.4) is 0 Å². The molecule has 0 bridgehead atoms. The van der Waals surface area contributed by atoms with Crippen molar-refractivity contribution in [3.63, 3.8) is 0 Å². The summed E-state index contributed by atoms with van der Waals surface area (Å²) in [7, 11) is 5.48. The smallest absolute Gasteiger partial charge is 0.251 e. The summed E-state index contributed by atoms with van der Waals surface area (Å²) < 4.78 is 5.63. The third kappa shape index (κ3) is 8.48. The molecular weight excluding hydrogens is 757 g/mol. The Kier molecular flexibility index (Phi) is 12.0. The topological polar surface area (TPSA) is 170 Å². The Bertz CT molecular complexity index is 2480. The highest BCUT2D eigenvalue weighted by molar-refractivity contribution is 6.04. The van der Waals surface area contributed by atoms with Crippen LogP contribution in [0.1, 0.15) is 67.9 Å². The van der Waals surface area contributed by atoms with Crippen LogP contribution in [0.4, 0.5) is 23.1 Å².